The molecule has 5 rings (SSSR count). The Kier molecular flexibility index (Phi) is 6.31. The number of carbonyl (C=O) groups excluding carboxylic acids is 3. The first-order valence-corrected chi connectivity index (χ1v) is 12.7. The van der Waals surface area contributed by atoms with Crippen LogP contribution in [0.2, 0.25) is 0 Å². The average Bonchev–Trinajstić information content (AvgIpc) is 3.53. The zero-order valence-electron chi connectivity index (χ0n) is 21.4. The summed E-state index contributed by atoms with van der Waals surface area (Å²) in [6.07, 6.45) is 2.04. The first kappa shape index (κ1) is 25.3. The molecule has 3 aliphatic heterocycles. The third kappa shape index (κ3) is 3.58. The van der Waals surface area contributed by atoms with Gasteiger partial charge in [0.1, 0.15) is 29.7 Å². The predicted octanol–water partition coefficient (Wildman–Crippen LogP) is 0.970. The van der Waals surface area contributed by atoms with Crippen molar-refractivity contribution in [2.45, 2.75) is 51.1 Å². The van der Waals surface area contributed by atoms with Gasteiger partial charge in [-0.05, 0) is 38.3 Å². The number of para-hydroxylation sites is 1. The van der Waals surface area contributed by atoms with Crippen molar-refractivity contribution in [2.24, 2.45) is 17.8 Å². The Balaban J connectivity index is 1.55. The number of esters is 1. The van der Waals surface area contributed by atoms with Gasteiger partial charge in [-0.1, -0.05) is 30.3 Å². The number of benzene rings is 1. The van der Waals surface area contributed by atoms with E-state index in [2.05, 4.69) is 16.9 Å². The van der Waals surface area contributed by atoms with E-state index in [1.165, 1.54) is 4.90 Å². The predicted molar refractivity (Wildman–Crippen MR) is 132 cm³/mol. The van der Waals surface area contributed by atoms with Crippen LogP contribution in [0.15, 0.2) is 36.9 Å². The van der Waals surface area contributed by atoms with Crippen molar-refractivity contribution in [1.29, 1.82) is 0 Å². The van der Waals surface area contributed by atoms with E-state index in [0.29, 0.717) is 11.9 Å². The van der Waals surface area contributed by atoms with E-state index in [0.717, 1.165) is 5.52 Å². The maximum absolute atomic E-state index is 14.3. The van der Waals surface area contributed by atoms with E-state index in [-0.39, 0.29) is 50.7 Å². The van der Waals surface area contributed by atoms with Crippen LogP contribution in [0.3, 0.4) is 0 Å². The van der Waals surface area contributed by atoms with E-state index in [1.807, 2.05) is 38.1 Å². The molecule has 2 amide bonds. The van der Waals surface area contributed by atoms with Crippen molar-refractivity contribution in [1.82, 2.24) is 24.8 Å². The molecule has 1 spiro atoms. The lowest BCUT2D eigenvalue weighted by Gasteiger charge is -2.37. The van der Waals surface area contributed by atoms with E-state index < -0.39 is 35.0 Å². The summed E-state index contributed by atoms with van der Waals surface area (Å²) < 4.78 is 13.6. The van der Waals surface area contributed by atoms with Gasteiger partial charge in [0.2, 0.25) is 11.8 Å². The van der Waals surface area contributed by atoms with Gasteiger partial charge in [-0.2, -0.15) is 0 Å². The van der Waals surface area contributed by atoms with Gasteiger partial charge >= 0.3 is 5.97 Å². The molecule has 1 N–H and O–H groups in total. The number of likely N-dealkylation sites (tertiary alicyclic amines) is 1. The molecule has 3 fully saturated rings. The number of aromatic nitrogens is 3. The van der Waals surface area contributed by atoms with Crippen LogP contribution in [0, 0.1) is 17.8 Å². The molecule has 1 aromatic heterocycles. The summed E-state index contributed by atoms with van der Waals surface area (Å²) in [6, 6.07) is 6.41. The van der Waals surface area contributed by atoms with Gasteiger partial charge in [0.25, 0.3) is 0 Å². The number of hydrogen-bond donors (Lipinski definition) is 1. The summed E-state index contributed by atoms with van der Waals surface area (Å²) in [7, 11) is 0. The quantitative estimate of drug-likeness (QED) is 0.390. The summed E-state index contributed by atoms with van der Waals surface area (Å²) in [5.74, 6) is -3.02. The third-order valence-corrected chi connectivity index (χ3v) is 8.32. The molecular weight excluding hydrogens is 478 g/mol. The van der Waals surface area contributed by atoms with Crippen LogP contribution in [0.1, 0.15) is 27.2 Å². The van der Waals surface area contributed by atoms with Gasteiger partial charge in [-0.25, -0.2) is 4.68 Å². The highest BCUT2D eigenvalue weighted by Gasteiger charge is 2.80. The smallest absolute Gasteiger partial charge is 0.312 e. The summed E-state index contributed by atoms with van der Waals surface area (Å²) in [6.45, 7) is 9.41. The van der Waals surface area contributed by atoms with Gasteiger partial charge in [0.05, 0.1) is 30.2 Å². The minimum absolute atomic E-state index is 0.0499. The number of aliphatic hydroxyl groups is 1. The zero-order valence-corrected chi connectivity index (χ0v) is 21.4. The number of carbonyl (C=O) groups is 3. The molecule has 3 saturated heterocycles. The second-order valence-corrected chi connectivity index (χ2v) is 10.3. The molecule has 0 aliphatic carbocycles. The van der Waals surface area contributed by atoms with Crippen LogP contribution in [0.25, 0.3) is 11.0 Å². The number of aliphatic hydroxyl groups excluding tert-OH is 1. The lowest BCUT2D eigenvalue weighted by Crippen LogP contribution is -2.57. The first-order chi connectivity index (χ1) is 17.7. The fraction of sp³-hybridized carbons (Fsp3) is 0.577. The first-order valence-electron chi connectivity index (χ1n) is 12.7. The third-order valence-electron chi connectivity index (χ3n) is 8.32. The topological polar surface area (TPSA) is 127 Å². The minimum Gasteiger partial charge on any atom is -0.466 e. The molecule has 3 aliphatic rings. The van der Waals surface area contributed by atoms with Gasteiger partial charge in [0.15, 0.2) is 0 Å². The number of amides is 2. The second-order valence-electron chi connectivity index (χ2n) is 10.3. The van der Waals surface area contributed by atoms with E-state index in [1.54, 1.807) is 22.6 Å². The summed E-state index contributed by atoms with van der Waals surface area (Å²) in [5, 5.41) is 18.2. The van der Waals surface area contributed by atoms with Crippen LogP contribution in [-0.4, -0.2) is 91.2 Å². The van der Waals surface area contributed by atoms with Crippen molar-refractivity contribution in [3.63, 3.8) is 0 Å². The molecule has 3 unspecified atom stereocenters. The summed E-state index contributed by atoms with van der Waals surface area (Å²) in [5.41, 5.74) is -0.695. The minimum atomic E-state index is -1.21. The van der Waals surface area contributed by atoms with Gasteiger partial charge < -0.3 is 24.4 Å². The highest BCUT2D eigenvalue weighted by molar-refractivity contribution is 5.98. The van der Waals surface area contributed by atoms with Gasteiger partial charge in [-0.15, -0.1) is 11.7 Å². The van der Waals surface area contributed by atoms with Crippen molar-refractivity contribution >= 4 is 28.8 Å². The fourth-order valence-corrected chi connectivity index (χ4v) is 6.69. The largest absolute Gasteiger partial charge is 0.466 e. The highest BCUT2D eigenvalue weighted by atomic mass is 16.6. The maximum Gasteiger partial charge on any atom is 0.312 e. The van der Waals surface area contributed by atoms with Gasteiger partial charge in [0, 0.05) is 13.1 Å². The Morgan fingerprint density at radius 2 is 2.14 bits per heavy atom. The lowest BCUT2D eigenvalue weighted by atomic mass is 9.62. The Morgan fingerprint density at radius 1 is 1.38 bits per heavy atom. The Labute approximate surface area is 215 Å². The van der Waals surface area contributed by atoms with Gasteiger partial charge in [-0.3, -0.25) is 14.4 Å². The molecular formula is C26H33N5O6. The van der Waals surface area contributed by atoms with E-state index in [4.69, 9.17) is 9.47 Å². The SMILES string of the molecule is C=CCN(Cn1nnc2ccccc21)C(=O)C1N(CCO)C(=O)[C@@H]2[C@@H](C(=O)OCC)[C@]3(C)OC12CC3C. The van der Waals surface area contributed by atoms with E-state index >= 15 is 0 Å². The summed E-state index contributed by atoms with van der Waals surface area (Å²) >= 11 is 0. The number of hydrogen-bond acceptors (Lipinski definition) is 8. The van der Waals surface area contributed by atoms with Crippen molar-refractivity contribution in [3.8, 4) is 0 Å². The Bertz CT molecular complexity index is 1250. The number of ether oxygens (including phenoxy) is 2. The van der Waals surface area contributed by atoms with Crippen molar-refractivity contribution < 1.29 is 29.0 Å². The van der Waals surface area contributed by atoms with Crippen LogP contribution >= 0.6 is 0 Å². The number of β-amino-alcohol motifs (C(OH)–C–C–N with tert-alkyl or cyclic N) is 1. The van der Waals surface area contributed by atoms with Crippen LogP contribution in [0.4, 0.5) is 0 Å². The Morgan fingerprint density at radius 3 is 2.84 bits per heavy atom. The molecule has 2 aromatic rings. The molecule has 0 saturated carbocycles. The van der Waals surface area contributed by atoms with E-state index in [9.17, 15) is 19.5 Å². The van der Waals surface area contributed by atoms with Crippen LogP contribution < -0.4 is 0 Å². The second kappa shape index (κ2) is 9.21. The molecule has 2 bridgehead atoms. The molecule has 1 aromatic carbocycles. The molecule has 11 nitrogen and oxygen atoms in total. The van der Waals surface area contributed by atoms with Crippen LogP contribution in [-0.2, 0) is 30.5 Å². The average molecular weight is 512 g/mol. The lowest BCUT2D eigenvalue weighted by molar-refractivity contribution is -0.162. The molecule has 4 heterocycles. The normalized spacial score (nSPS) is 32.1. The van der Waals surface area contributed by atoms with Crippen molar-refractivity contribution in [2.75, 3.05) is 26.3 Å². The number of nitrogens with zero attached hydrogens (tertiary/aromatic N) is 5. The standard InChI is InChI=1S/C26H33N5O6/c1-5-11-29(15-31-18-10-8-7-9-17(18)27-28-31)23(34)21-26-14-16(3)25(4,37-26)20(24(35)36-6-2)19(26)22(33)30(21)12-13-32/h5,7-10,16,19-21,32H,1,6,11-15H2,2-4H3/t16?,19-,20-,21?,25+,26?/m0/s1. The van der Waals surface area contributed by atoms with Crippen LogP contribution in [0.5, 0.6) is 0 Å². The fourth-order valence-electron chi connectivity index (χ4n) is 6.69. The molecule has 198 valence electrons. The maximum atomic E-state index is 14.3. The number of rotatable bonds is 9. The zero-order chi connectivity index (χ0) is 26.5. The number of fused-ring (bicyclic) bond motifs is 2. The molecule has 6 atom stereocenters. The monoisotopic (exact) mass is 511 g/mol. The highest BCUT2D eigenvalue weighted by Crippen LogP contribution is 2.65. The molecule has 0 radical (unpaired) electrons. The summed E-state index contributed by atoms with van der Waals surface area (Å²) in [4.78, 5) is 44.2. The molecule has 11 heteroatoms. The molecule has 37 heavy (non-hydrogen) atoms. The van der Waals surface area contributed by atoms with Crippen molar-refractivity contribution in [3.05, 3.63) is 36.9 Å². The Hall–Kier alpha value is -3.31.